The van der Waals surface area contributed by atoms with E-state index in [2.05, 4.69) is 5.16 Å². The molecule has 7 nitrogen and oxygen atoms in total. The standard InChI is InChI=1S/C16H26N2O5/c1-5-22-8-6-7-18(10-12(4)16(20)21)15(19)14-9-13(11(2)3)17-23-14/h9,11-12H,5-8,10H2,1-4H3,(H,20,21). The number of nitrogens with zero attached hydrogens (tertiary/aromatic N) is 2. The Labute approximate surface area is 136 Å². The number of amides is 1. The van der Waals surface area contributed by atoms with E-state index in [1.807, 2.05) is 20.8 Å². The van der Waals surface area contributed by atoms with Gasteiger partial charge in [0.2, 0.25) is 5.76 Å². The summed E-state index contributed by atoms with van der Waals surface area (Å²) in [5.74, 6) is -1.63. The molecule has 23 heavy (non-hydrogen) atoms. The van der Waals surface area contributed by atoms with Gasteiger partial charge in [-0.2, -0.15) is 0 Å². The molecule has 0 spiro atoms. The molecule has 1 atom stereocenters. The van der Waals surface area contributed by atoms with Crippen molar-refractivity contribution in [2.75, 3.05) is 26.3 Å². The van der Waals surface area contributed by atoms with Crippen LogP contribution in [-0.2, 0) is 9.53 Å². The predicted octanol–water partition coefficient (Wildman–Crippen LogP) is 2.39. The highest BCUT2D eigenvalue weighted by atomic mass is 16.5. The highest BCUT2D eigenvalue weighted by Crippen LogP contribution is 2.16. The van der Waals surface area contributed by atoms with Gasteiger partial charge in [-0.15, -0.1) is 0 Å². The second kappa shape index (κ2) is 9.29. The van der Waals surface area contributed by atoms with Gasteiger partial charge in [0, 0.05) is 32.4 Å². The van der Waals surface area contributed by atoms with E-state index in [9.17, 15) is 9.59 Å². The first-order chi connectivity index (χ1) is 10.9. The summed E-state index contributed by atoms with van der Waals surface area (Å²) in [5.41, 5.74) is 0.703. The Morgan fingerprint density at radius 2 is 2.09 bits per heavy atom. The maximum absolute atomic E-state index is 12.6. The monoisotopic (exact) mass is 326 g/mol. The Morgan fingerprint density at radius 1 is 1.39 bits per heavy atom. The molecule has 0 aliphatic rings. The molecule has 1 aromatic heterocycles. The van der Waals surface area contributed by atoms with Crippen molar-refractivity contribution in [2.24, 2.45) is 5.92 Å². The average Bonchev–Trinajstić information content (AvgIpc) is 2.99. The minimum atomic E-state index is -0.937. The summed E-state index contributed by atoms with van der Waals surface area (Å²) >= 11 is 0. The van der Waals surface area contributed by atoms with Crippen molar-refractivity contribution < 1.29 is 24.0 Å². The van der Waals surface area contributed by atoms with Gasteiger partial charge >= 0.3 is 5.97 Å². The molecule has 1 unspecified atom stereocenters. The zero-order valence-electron chi connectivity index (χ0n) is 14.2. The molecule has 0 radical (unpaired) electrons. The van der Waals surface area contributed by atoms with Crippen molar-refractivity contribution in [2.45, 2.75) is 40.0 Å². The van der Waals surface area contributed by atoms with Crippen molar-refractivity contribution in [3.63, 3.8) is 0 Å². The Hall–Kier alpha value is -1.89. The number of ether oxygens (including phenoxy) is 1. The lowest BCUT2D eigenvalue weighted by molar-refractivity contribution is -0.141. The highest BCUT2D eigenvalue weighted by Gasteiger charge is 2.24. The van der Waals surface area contributed by atoms with Gasteiger partial charge < -0.3 is 19.3 Å². The van der Waals surface area contributed by atoms with E-state index >= 15 is 0 Å². The molecule has 0 aliphatic heterocycles. The molecular weight excluding hydrogens is 300 g/mol. The minimum absolute atomic E-state index is 0.123. The number of rotatable bonds is 10. The highest BCUT2D eigenvalue weighted by molar-refractivity contribution is 5.91. The Bertz CT molecular complexity index is 512. The Balaban J connectivity index is 2.78. The van der Waals surface area contributed by atoms with Gasteiger partial charge in [0.15, 0.2) is 0 Å². The fourth-order valence-electron chi connectivity index (χ4n) is 2.00. The first kappa shape index (κ1) is 19.2. The minimum Gasteiger partial charge on any atom is -0.481 e. The maximum atomic E-state index is 12.6. The molecule has 0 saturated heterocycles. The van der Waals surface area contributed by atoms with Crippen LogP contribution < -0.4 is 0 Å². The summed E-state index contributed by atoms with van der Waals surface area (Å²) in [6.07, 6.45) is 0.636. The number of hydrogen-bond donors (Lipinski definition) is 1. The van der Waals surface area contributed by atoms with Gasteiger partial charge in [-0.3, -0.25) is 9.59 Å². The molecule has 1 N–H and O–H groups in total. The van der Waals surface area contributed by atoms with Crippen LogP contribution in [0, 0.1) is 5.92 Å². The number of aliphatic carboxylic acids is 1. The fraction of sp³-hybridized carbons (Fsp3) is 0.688. The van der Waals surface area contributed by atoms with Gasteiger partial charge in [-0.05, 0) is 19.3 Å². The quantitative estimate of drug-likeness (QED) is 0.664. The number of carboxylic acid groups (broad SMARTS) is 1. The molecule has 0 aromatic carbocycles. The molecule has 1 rings (SSSR count). The Kier molecular flexibility index (Phi) is 7.74. The topological polar surface area (TPSA) is 92.9 Å². The summed E-state index contributed by atoms with van der Waals surface area (Å²) in [6.45, 7) is 9.06. The maximum Gasteiger partial charge on any atom is 0.308 e. The van der Waals surface area contributed by atoms with Gasteiger partial charge in [0.25, 0.3) is 5.91 Å². The van der Waals surface area contributed by atoms with Crippen molar-refractivity contribution in [1.82, 2.24) is 10.1 Å². The molecule has 130 valence electrons. The van der Waals surface area contributed by atoms with Crippen LogP contribution >= 0.6 is 0 Å². The van der Waals surface area contributed by atoms with Crippen molar-refractivity contribution in [3.8, 4) is 0 Å². The summed E-state index contributed by atoms with van der Waals surface area (Å²) in [6, 6.07) is 1.62. The molecule has 0 aliphatic carbocycles. The summed E-state index contributed by atoms with van der Waals surface area (Å²) in [5, 5.41) is 13.0. The third-order valence-corrected chi connectivity index (χ3v) is 3.45. The molecule has 0 bridgehead atoms. The largest absolute Gasteiger partial charge is 0.481 e. The summed E-state index contributed by atoms with van der Waals surface area (Å²) in [4.78, 5) is 25.1. The van der Waals surface area contributed by atoms with Crippen LogP contribution in [0.5, 0.6) is 0 Å². The molecular formula is C16H26N2O5. The number of carboxylic acids is 1. The van der Waals surface area contributed by atoms with E-state index in [1.165, 1.54) is 4.90 Å². The smallest absolute Gasteiger partial charge is 0.308 e. The van der Waals surface area contributed by atoms with E-state index in [0.717, 1.165) is 0 Å². The average molecular weight is 326 g/mol. The summed E-state index contributed by atoms with van der Waals surface area (Å²) < 4.78 is 10.4. The zero-order valence-corrected chi connectivity index (χ0v) is 14.2. The first-order valence-electron chi connectivity index (χ1n) is 7.93. The predicted molar refractivity (Wildman–Crippen MR) is 84.4 cm³/mol. The number of carbonyl (C=O) groups excluding carboxylic acids is 1. The van der Waals surface area contributed by atoms with Gasteiger partial charge in [0.1, 0.15) is 0 Å². The van der Waals surface area contributed by atoms with Crippen LogP contribution in [0.25, 0.3) is 0 Å². The summed E-state index contributed by atoms with van der Waals surface area (Å²) in [7, 11) is 0. The van der Waals surface area contributed by atoms with Gasteiger partial charge in [-0.1, -0.05) is 25.9 Å². The molecule has 1 amide bonds. The molecule has 7 heteroatoms. The van der Waals surface area contributed by atoms with Gasteiger partial charge in [-0.25, -0.2) is 0 Å². The molecule has 0 fully saturated rings. The lowest BCUT2D eigenvalue weighted by Gasteiger charge is -2.23. The van der Waals surface area contributed by atoms with Crippen LogP contribution in [0.15, 0.2) is 10.6 Å². The van der Waals surface area contributed by atoms with Crippen LogP contribution in [0.3, 0.4) is 0 Å². The number of hydrogen-bond acceptors (Lipinski definition) is 5. The fourth-order valence-corrected chi connectivity index (χ4v) is 2.00. The second-order valence-electron chi connectivity index (χ2n) is 5.81. The SMILES string of the molecule is CCOCCCN(CC(C)C(=O)O)C(=O)c1cc(C(C)C)no1. The third kappa shape index (κ3) is 6.02. The van der Waals surface area contributed by atoms with Crippen LogP contribution in [0.1, 0.15) is 56.3 Å². The first-order valence-corrected chi connectivity index (χ1v) is 7.93. The van der Waals surface area contributed by atoms with E-state index in [4.69, 9.17) is 14.4 Å². The number of aromatic nitrogens is 1. The lowest BCUT2D eigenvalue weighted by Crippen LogP contribution is -2.37. The number of carbonyl (C=O) groups is 2. The molecule has 1 aromatic rings. The van der Waals surface area contributed by atoms with Crippen LogP contribution in [-0.4, -0.2) is 53.3 Å². The van der Waals surface area contributed by atoms with Gasteiger partial charge in [0.05, 0.1) is 11.6 Å². The van der Waals surface area contributed by atoms with E-state index in [0.29, 0.717) is 31.9 Å². The normalized spacial score (nSPS) is 12.4. The van der Waals surface area contributed by atoms with Crippen molar-refractivity contribution >= 4 is 11.9 Å². The lowest BCUT2D eigenvalue weighted by atomic mass is 10.1. The van der Waals surface area contributed by atoms with E-state index < -0.39 is 11.9 Å². The molecule has 1 heterocycles. The van der Waals surface area contributed by atoms with E-state index in [-0.39, 0.29) is 24.1 Å². The third-order valence-electron chi connectivity index (χ3n) is 3.45. The van der Waals surface area contributed by atoms with E-state index in [1.54, 1.807) is 13.0 Å². The van der Waals surface area contributed by atoms with Crippen LogP contribution in [0.2, 0.25) is 0 Å². The Morgan fingerprint density at radius 3 is 2.61 bits per heavy atom. The van der Waals surface area contributed by atoms with Crippen LogP contribution in [0.4, 0.5) is 0 Å². The second-order valence-corrected chi connectivity index (χ2v) is 5.81. The van der Waals surface area contributed by atoms with Crippen molar-refractivity contribution in [1.29, 1.82) is 0 Å². The molecule has 0 saturated carbocycles. The zero-order chi connectivity index (χ0) is 17.4. The van der Waals surface area contributed by atoms with Crippen molar-refractivity contribution in [3.05, 3.63) is 17.5 Å².